The number of benzene rings is 2. The first-order valence-corrected chi connectivity index (χ1v) is 8.59. The van der Waals surface area contributed by atoms with E-state index in [0.717, 1.165) is 10.9 Å². The van der Waals surface area contributed by atoms with Gasteiger partial charge in [0.1, 0.15) is 5.58 Å². The highest BCUT2D eigenvalue weighted by Crippen LogP contribution is 2.25. The van der Waals surface area contributed by atoms with E-state index >= 15 is 0 Å². The molecule has 0 saturated carbocycles. The normalized spacial score (nSPS) is 12.0. The van der Waals surface area contributed by atoms with E-state index < -0.39 is 18.5 Å². The molecular formula is C19H15Cl2NO4. The summed E-state index contributed by atoms with van der Waals surface area (Å²) >= 11 is 11.9. The van der Waals surface area contributed by atoms with Crippen LogP contribution in [0.1, 0.15) is 29.1 Å². The maximum atomic E-state index is 12.0. The molecule has 0 saturated heterocycles. The molecule has 0 bridgehead atoms. The topological polar surface area (TPSA) is 68.5 Å². The highest BCUT2D eigenvalue weighted by Gasteiger charge is 2.17. The summed E-state index contributed by atoms with van der Waals surface area (Å²) < 4.78 is 10.4. The fourth-order valence-electron chi connectivity index (χ4n) is 2.43. The van der Waals surface area contributed by atoms with Crippen molar-refractivity contribution in [3.8, 4) is 0 Å². The van der Waals surface area contributed by atoms with Gasteiger partial charge in [0.05, 0.1) is 16.1 Å². The molecule has 0 unspecified atom stereocenters. The van der Waals surface area contributed by atoms with Crippen molar-refractivity contribution in [3.05, 3.63) is 69.9 Å². The van der Waals surface area contributed by atoms with E-state index in [-0.39, 0.29) is 11.8 Å². The summed E-state index contributed by atoms with van der Waals surface area (Å²) in [5.74, 6) is -1.08. The summed E-state index contributed by atoms with van der Waals surface area (Å²) in [6, 6.07) is 13.6. The zero-order valence-electron chi connectivity index (χ0n) is 13.8. The quantitative estimate of drug-likeness (QED) is 0.635. The maximum absolute atomic E-state index is 12.0. The molecular weight excluding hydrogens is 377 g/mol. The van der Waals surface area contributed by atoms with E-state index in [1.807, 2.05) is 12.1 Å². The lowest BCUT2D eigenvalue weighted by Gasteiger charge is -2.15. The molecule has 0 radical (unpaired) electrons. The minimum Gasteiger partial charge on any atom is -0.450 e. The fourth-order valence-corrected chi connectivity index (χ4v) is 2.74. The minimum absolute atomic E-state index is 0.0523. The van der Waals surface area contributed by atoms with Gasteiger partial charge in [-0.2, -0.15) is 0 Å². The van der Waals surface area contributed by atoms with Gasteiger partial charge in [-0.3, -0.25) is 4.79 Å². The van der Waals surface area contributed by atoms with Crippen LogP contribution in [0.3, 0.4) is 0 Å². The van der Waals surface area contributed by atoms with Gasteiger partial charge >= 0.3 is 5.97 Å². The predicted molar refractivity (Wildman–Crippen MR) is 99.5 cm³/mol. The second-order valence-corrected chi connectivity index (χ2v) is 6.50. The Morgan fingerprint density at radius 3 is 2.62 bits per heavy atom. The summed E-state index contributed by atoms with van der Waals surface area (Å²) in [6.07, 6.45) is 0. The van der Waals surface area contributed by atoms with Crippen molar-refractivity contribution in [2.45, 2.75) is 13.0 Å². The largest absolute Gasteiger partial charge is 0.450 e. The Balaban J connectivity index is 1.56. The number of hydrogen-bond donors (Lipinski definition) is 1. The van der Waals surface area contributed by atoms with Gasteiger partial charge in [0.25, 0.3) is 5.91 Å². The van der Waals surface area contributed by atoms with Crippen molar-refractivity contribution in [1.29, 1.82) is 0 Å². The number of ether oxygens (including phenoxy) is 1. The molecule has 134 valence electrons. The van der Waals surface area contributed by atoms with Crippen LogP contribution in [0.2, 0.25) is 10.0 Å². The number of nitrogens with one attached hydrogen (secondary N) is 1. The molecule has 0 aliphatic carbocycles. The third kappa shape index (κ3) is 4.18. The number of carbonyl (C=O) groups is 2. The lowest BCUT2D eigenvalue weighted by Crippen LogP contribution is -2.31. The van der Waals surface area contributed by atoms with Crippen LogP contribution in [0, 0.1) is 0 Å². The Hall–Kier alpha value is -2.50. The number of carbonyl (C=O) groups excluding carboxylic acids is 2. The van der Waals surface area contributed by atoms with Crippen LogP contribution in [-0.2, 0) is 9.53 Å². The molecule has 1 atom stereocenters. The van der Waals surface area contributed by atoms with Gasteiger partial charge in [-0.25, -0.2) is 4.79 Å². The number of amides is 1. The van der Waals surface area contributed by atoms with Crippen LogP contribution >= 0.6 is 23.2 Å². The number of rotatable bonds is 5. The summed E-state index contributed by atoms with van der Waals surface area (Å²) in [7, 11) is 0. The fraction of sp³-hybridized carbons (Fsp3) is 0.158. The van der Waals surface area contributed by atoms with Gasteiger partial charge in [-0.1, -0.05) is 47.5 Å². The average molecular weight is 392 g/mol. The molecule has 1 amide bonds. The maximum Gasteiger partial charge on any atom is 0.374 e. The first-order valence-electron chi connectivity index (χ1n) is 7.84. The van der Waals surface area contributed by atoms with Crippen LogP contribution < -0.4 is 5.32 Å². The van der Waals surface area contributed by atoms with E-state index in [4.69, 9.17) is 32.4 Å². The van der Waals surface area contributed by atoms with E-state index in [0.29, 0.717) is 15.6 Å². The number of fused-ring (bicyclic) bond motifs is 1. The minimum atomic E-state index is -0.696. The van der Waals surface area contributed by atoms with Crippen molar-refractivity contribution >= 4 is 46.0 Å². The van der Waals surface area contributed by atoms with Crippen molar-refractivity contribution in [2.24, 2.45) is 0 Å². The molecule has 0 spiro atoms. The molecule has 0 aliphatic rings. The second-order valence-electron chi connectivity index (χ2n) is 5.69. The highest BCUT2D eigenvalue weighted by molar-refractivity contribution is 6.42. The summed E-state index contributed by atoms with van der Waals surface area (Å²) in [4.78, 5) is 24.0. The van der Waals surface area contributed by atoms with Crippen LogP contribution in [0.4, 0.5) is 0 Å². The van der Waals surface area contributed by atoms with Crippen LogP contribution in [0.15, 0.2) is 52.9 Å². The van der Waals surface area contributed by atoms with Gasteiger partial charge in [-0.05, 0) is 36.8 Å². The van der Waals surface area contributed by atoms with E-state index in [2.05, 4.69) is 5.32 Å². The molecule has 0 aliphatic heterocycles. The van der Waals surface area contributed by atoms with E-state index in [1.165, 1.54) is 0 Å². The first kappa shape index (κ1) is 18.3. The molecule has 1 aromatic heterocycles. The molecule has 1 heterocycles. The molecule has 3 aromatic rings. The molecule has 5 nitrogen and oxygen atoms in total. The molecule has 0 fully saturated rings. The molecule has 7 heteroatoms. The van der Waals surface area contributed by atoms with Crippen molar-refractivity contribution < 1.29 is 18.7 Å². The smallest absolute Gasteiger partial charge is 0.374 e. The number of esters is 1. The van der Waals surface area contributed by atoms with E-state index in [1.54, 1.807) is 43.3 Å². The standard InChI is InChI=1S/C19H15Cl2NO4/c1-11(12-6-7-14(20)15(21)8-12)22-18(23)10-25-19(24)17-9-13-4-2-3-5-16(13)26-17/h2-9,11H,10H2,1H3,(H,22,23)/t11-/m1/s1. The summed E-state index contributed by atoms with van der Waals surface area (Å²) in [6.45, 7) is 1.38. The highest BCUT2D eigenvalue weighted by atomic mass is 35.5. The van der Waals surface area contributed by atoms with Crippen LogP contribution in [0.5, 0.6) is 0 Å². The number of para-hydroxylation sites is 1. The Labute approximate surface area is 159 Å². The van der Waals surface area contributed by atoms with Crippen LogP contribution in [-0.4, -0.2) is 18.5 Å². The van der Waals surface area contributed by atoms with Gasteiger partial charge in [0.15, 0.2) is 6.61 Å². The van der Waals surface area contributed by atoms with Gasteiger partial charge in [0, 0.05) is 5.39 Å². The third-order valence-electron chi connectivity index (χ3n) is 3.78. The Bertz CT molecular complexity index is 934. The lowest BCUT2D eigenvalue weighted by molar-refractivity contribution is -0.124. The SMILES string of the molecule is C[C@@H](NC(=O)COC(=O)c1cc2ccccc2o1)c1ccc(Cl)c(Cl)c1. The van der Waals surface area contributed by atoms with Crippen molar-refractivity contribution in [2.75, 3.05) is 6.61 Å². The molecule has 1 N–H and O–H groups in total. The van der Waals surface area contributed by atoms with Crippen molar-refractivity contribution in [3.63, 3.8) is 0 Å². The zero-order valence-corrected chi connectivity index (χ0v) is 15.3. The monoisotopic (exact) mass is 391 g/mol. The third-order valence-corrected chi connectivity index (χ3v) is 4.52. The van der Waals surface area contributed by atoms with Gasteiger partial charge < -0.3 is 14.5 Å². The molecule has 26 heavy (non-hydrogen) atoms. The van der Waals surface area contributed by atoms with Gasteiger partial charge in [-0.15, -0.1) is 0 Å². The summed E-state index contributed by atoms with van der Waals surface area (Å²) in [5.41, 5.74) is 1.37. The average Bonchev–Trinajstić information content (AvgIpc) is 3.06. The van der Waals surface area contributed by atoms with Gasteiger partial charge in [0.2, 0.25) is 5.76 Å². The molecule has 3 rings (SSSR count). The Morgan fingerprint density at radius 1 is 1.12 bits per heavy atom. The van der Waals surface area contributed by atoms with E-state index in [9.17, 15) is 9.59 Å². The Morgan fingerprint density at radius 2 is 1.88 bits per heavy atom. The van der Waals surface area contributed by atoms with Crippen molar-refractivity contribution in [1.82, 2.24) is 5.32 Å². The first-order chi connectivity index (χ1) is 12.4. The second kappa shape index (κ2) is 7.81. The number of halogens is 2. The number of hydrogen-bond acceptors (Lipinski definition) is 4. The summed E-state index contributed by atoms with van der Waals surface area (Å²) in [5, 5.41) is 4.36. The lowest BCUT2D eigenvalue weighted by atomic mass is 10.1. The Kier molecular flexibility index (Phi) is 5.49. The number of furan rings is 1. The van der Waals surface area contributed by atoms with Crippen LogP contribution in [0.25, 0.3) is 11.0 Å². The predicted octanol–water partition coefficient (Wildman–Crippen LogP) is 4.77. The zero-order chi connectivity index (χ0) is 18.7. The molecule has 2 aromatic carbocycles.